The number of benzene rings is 1. The number of anilines is 1. The third kappa shape index (κ3) is 5.38. The number of amides is 1. The van der Waals surface area contributed by atoms with E-state index in [1.54, 1.807) is 19.2 Å². The molecule has 0 spiro atoms. The second kappa shape index (κ2) is 8.29. The Balaban J connectivity index is 1.77. The summed E-state index contributed by atoms with van der Waals surface area (Å²) in [6.07, 6.45) is 2.92. The Morgan fingerprint density at radius 3 is 2.52 bits per heavy atom. The van der Waals surface area contributed by atoms with E-state index >= 15 is 0 Å². The van der Waals surface area contributed by atoms with Crippen molar-refractivity contribution < 1.29 is 14.3 Å². The Morgan fingerprint density at radius 2 is 1.91 bits per heavy atom. The largest absolute Gasteiger partial charge is 0.497 e. The fourth-order valence-corrected chi connectivity index (χ4v) is 2.11. The number of nitrogens with one attached hydrogen (secondary N) is 1. The predicted octanol–water partition coefficient (Wildman–Crippen LogP) is 3.27. The normalized spacial score (nSPS) is 10.2. The van der Waals surface area contributed by atoms with E-state index in [1.165, 1.54) is 6.20 Å². The summed E-state index contributed by atoms with van der Waals surface area (Å²) in [4.78, 5) is 27.5. The Bertz CT molecular complexity index is 669. The highest BCUT2D eigenvalue weighted by molar-refractivity contribution is 6.40. The summed E-state index contributed by atoms with van der Waals surface area (Å²) < 4.78 is 5.09. The smallest absolute Gasteiger partial charge is 0.292 e. The lowest BCUT2D eigenvalue weighted by atomic mass is 10.1. The SMILES string of the molecule is COc1ccc(CCCC(=O)C(=O)Nc2ccc(Cl)cn2)cc1. The van der Waals surface area contributed by atoms with Gasteiger partial charge in [-0.2, -0.15) is 0 Å². The van der Waals surface area contributed by atoms with Crippen LogP contribution in [0.25, 0.3) is 0 Å². The first-order valence-corrected chi connectivity index (χ1v) is 7.55. The van der Waals surface area contributed by atoms with Gasteiger partial charge in [-0.15, -0.1) is 0 Å². The minimum absolute atomic E-state index is 0.186. The maximum atomic E-state index is 11.8. The van der Waals surface area contributed by atoms with Crippen LogP contribution in [0.5, 0.6) is 5.75 Å². The molecule has 0 fully saturated rings. The number of carbonyl (C=O) groups excluding carboxylic acids is 2. The Kier molecular flexibility index (Phi) is 6.11. The molecular weight excluding hydrogens is 316 g/mol. The fourth-order valence-electron chi connectivity index (χ4n) is 1.99. The molecule has 0 aliphatic rings. The maximum absolute atomic E-state index is 11.8. The average Bonchev–Trinajstić information content (AvgIpc) is 2.57. The van der Waals surface area contributed by atoms with Gasteiger partial charge in [-0.25, -0.2) is 4.98 Å². The number of ether oxygens (including phenoxy) is 1. The van der Waals surface area contributed by atoms with Crippen molar-refractivity contribution in [3.8, 4) is 5.75 Å². The summed E-state index contributed by atoms with van der Waals surface area (Å²) in [6, 6.07) is 10.8. The second-order valence-corrected chi connectivity index (χ2v) is 5.38. The van der Waals surface area contributed by atoms with E-state index in [0.717, 1.165) is 17.7 Å². The van der Waals surface area contributed by atoms with Crippen LogP contribution in [0.15, 0.2) is 42.6 Å². The lowest BCUT2D eigenvalue weighted by Crippen LogP contribution is -2.23. The van der Waals surface area contributed by atoms with Crippen LogP contribution in [0.1, 0.15) is 18.4 Å². The van der Waals surface area contributed by atoms with Gasteiger partial charge in [0.05, 0.1) is 12.1 Å². The highest BCUT2D eigenvalue weighted by atomic mass is 35.5. The highest BCUT2D eigenvalue weighted by Crippen LogP contribution is 2.13. The molecule has 0 bridgehead atoms. The van der Waals surface area contributed by atoms with Crippen molar-refractivity contribution in [2.24, 2.45) is 0 Å². The average molecular weight is 333 g/mol. The summed E-state index contributed by atoms with van der Waals surface area (Å²) in [5.41, 5.74) is 1.10. The fraction of sp³-hybridized carbons (Fsp3) is 0.235. The molecule has 0 saturated heterocycles. The van der Waals surface area contributed by atoms with Gasteiger partial charge in [0.1, 0.15) is 11.6 Å². The number of hydrogen-bond donors (Lipinski definition) is 1. The number of nitrogens with zero attached hydrogens (tertiary/aromatic N) is 1. The molecule has 0 saturated carbocycles. The van der Waals surface area contributed by atoms with Crippen LogP contribution in [0.2, 0.25) is 5.02 Å². The molecule has 0 unspecified atom stereocenters. The summed E-state index contributed by atoms with van der Waals surface area (Å²) in [5, 5.41) is 2.92. The summed E-state index contributed by atoms with van der Waals surface area (Å²) >= 11 is 5.71. The van der Waals surface area contributed by atoms with Gasteiger partial charge >= 0.3 is 0 Å². The standard InChI is InChI=1S/C17H17ClN2O3/c1-23-14-8-5-12(6-9-14)3-2-4-15(21)17(22)20-16-10-7-13(18)11-19-16/h5-11H,2-4H2,1H3,(H,19,20,22). The molecule has 0 radical (unpaired) electrons. The number of hydrogen-bond acceptors (Lipinski definition) is 4. The molecule has 1 N–H and O–H groups in total. The molecule has 120 valence electrons. The zero-order chi connectivity index (χ0) is 16.7. The van der Waals surface area contributed by atoms with Crippen LogP contribution in [0, 0.1) is 0 Å². The van der Waals surface area contributed by atoms with E-state index in [1.807, 2.05) is 24.3 Å². The zero-order valence-electron chi connectivity index (χ0n) is 12.7. The summed E-state index contributed by atoms with van der Waals surface area (Å²) in [6.45, 7) is 0. The topological polar surface area (TPSA) is 68.3 Å². The van der Waals surface area contributed by atoms with Crippen molar-refractivity contribution >= 4 is 29.1 Å². The number of Topliss-reactive ketones (excluding diaryl/α,β-unsaturated/α-hetero) is 1. The van der Waals surface area contributed by atoms with E-state index in [-0.39, 0.29) is 6.42 Å². The van der Waals surface area contributed by atoms with Gasteiger partial charge in [-0.3, -0.25) is 9.59 Å². The van der Waals surface area contributed by atoms with E-state index in [9.17, 15) is 9.59 Å². The molecule has 6 heteroatoms. The molecule has 0 aliphatic carbocycles. The van der Waals surface area contributed by atoms with Gasteiger partial charge < -0.3 is 10.1 Å². The molecule has 0 atom stereocenters. The lowest BCUT2D eigenvalue weighted by Gasteiger charge is -2.05. The van der Waals surface area contributed by atoms with Gasteiger partial charge in [0.2, 0.25) is 5.78 Å². The highest BCUT2D eigenvalue weighted by Gasteiger charge is 2.13. The van der Waals surface area contributed by atoms with E-state index in [2.05, 4.69) is 10.3 Å². The van der Waals surface area contributed by atoms with Crippen LogP contribution in [0.3, 0.4) is 0 Å². The van der Waals surface area contributed by atoms with Crippen molar-refractivity contribution in [1.29, 1.82) is 0 Å². The van der Waals surface area contributed by atoms with Gasteiger partial charge in [0, 0.05) is 12.6 Å². The Hall–Kier alpha value is -2.40. The number of aromatic nitrogens is 1. The molecule has 0 aliphatic heterocycles. The minimum Gasteiger partial charge on any atom is -0.497 e. The van der Waals surface area contributed by atoms with Crippen molar-refractivity contribution in [1.82, 2.24) is 4.98 Å². The van der Waals surface area contributed by atoms with Crippen molar-refractivity contribution in [3.05, 3.63) is 53.2 Å². The maximum Gasteiger partial charge on any atom is 0.292 e. The molecular formula is C17H17ClN2O3. The number of methoxy groups -OCH3 is 1. The quantitative estimate of drug-likeness (QED) is 0.790. The van der Waals surface area contributed by atoms with E-state index in [0.29, 0.717) is 17.3 Å². The number of pyridine rings is 1. The first kappa shape index (κ1) is 17.0. The number of aryl methyl sites for hydroxylation is 1. The second-order valence-electron chi connectivity index (χ2n) is 4.94. The van der Waals surface area contributed by atoms with Gasteiger partial charge in [0.15, 0.2) is 0 Å². The van der Waals surface area contributed by atoms with Gasteiger partial charge in [-0.1, -0.05) is 23.7 Å². The summed E-state index contributed by atoms with van der Waals surface area (Å²) in [5.74, 6) is -0.0209. The van der Waals surface area contributed by atoms with E-state index in [4.69, 9.17) is 16.3 Å². The van der Waals surface area contributed by atoms with Gasteiger partial charge in [-0.05, 0) is 42.7 Å². The van der Waals surface area contributed by atoms with Crippen LogP contribution in [0.4, 0.5) is 5.82 Å². The third-order valence-corrected chi connectivity index (χ3v) is 3.47. The Labute approximate surface area is 139 Å². The van der Waals surface area contributed by atoms with E-state index < -0.39 is 11.7 Å². The molecule has 1 aromatic carbocycles. The third-order valence-electron chi connectivity index (χ3n) is 3.25. The summed E-state index contributed by atoms with van der Waals surface area (Å²) in [7, 11) is 1.61. The van der Waals surface area contributed by atoms with Crippen LogP contribution < -0.4 is 10.1 Å². The van der Waals surface area contributed by atoms with Crippen LogP contribution in [-0.2, 0) is 16.0 Å². The lowest BCUT2D eigenvalue weighted by molar-refractivity contribution is -0.134. The molecule has 1 heterocycles. The van der Waals surface area contributed by atoms with Crippen molar-refractivity contribution in [2.45, 2.75) is 19.3 Å². The molecule has 2 aromatic rings. The molecule has 1 amide bonds. The minimum atomic E-state index is -0.658. The predicted molar refractivity (Wildman–Crippen MR) is 88.8 cm³/mol. The molecule has 5 nitrogen and oxygen atoms in total. The number of rotatable bonds is 7. The van der Waals surface area contributed by atoms with Crippen LogP contribution in [-0.4, -0.2) is 23.8 Å². The first-order chi connectivity index (χ1) is 11.1. The molecule has 1 aromatic heterocycles. The van der Waals surface area contributed by atoms with Crippen LogP contribution >= 0.6 is 11.6 Å². The Morgan fingerprint density at radius 1 is 1.17 bits per heavy atom. The number of halogens is 1. The molecule has 2 rings (SSSR count). The monoisotopic (exact) mass is 332 g/mol. The molecule has 23 heavy (non-hydrogen) atoms. The number of ketones is 1. The van der Waals surface area contributed by atoms with Crippen molar-refractivity contribution in [3.63, 3.8) is 0 Å². The first-order valence-electron chi connectivity index (χ1n) is 7.17. The zero-order valence-corrected chi connectivity index (χ0v) is 13.5. The van der Waals surface area contributed by atoms with Gasteiger partial charge in [0.25, 0.3) is 5.91 Å². The number of carbonyl (C=O) groups is 2. The van der Waals surface area contributed by atoms with Crippen molar-refractivity contribution in [2.75, 3.05) is 12.4 Å².